The molecule has 0 atom stereocenters. The van der Waals surface area contributed by atoms with Crippen LogP contribution < -0.4 is 10.1 Å². The summed E-state index contributed by atoms with van der Waals surface area (Å²) in [6.45, 7) is 8.87. The maximum atomic E-state index is 14.5. The van der Waals surface area contributed by atoms with Crippen molar-refractivity contribution in [2.45, 2.75) is 122 Å². The van der Waals surface area contributed by atoms with Crippen LogP contribution in [0.15, 0.2) is 18.3 Å². The second-order valence-corrected chi connectivity index (χ2v) is 13.4. The van der Waals surface area contributed by atoms with E-state index in [0.29, 0.717) is 49.8 Å². The number of hydrogen-bond donors (Lipinski definition) is 1. The van der Waals surface area contributed by atoms with Gasteiger partial charge in [0.25, 0.3) is 11.8 Å². The molecule has 0 spiro atoms. The summed E-state index contributed by atoms with van der Waals surface area (Å²) in [6, 6.07) is 3.80. The van der Waals surface area contributed by atoms with Crippen LogP contribution in [0.4, 0.5) is 13.6 Å². The van der Waals surface area contributed by atoms with Crippen molar-refractivity contribution in [1.82, 2.24) is 25.0 Å². The van der Waals surface area contributed by atoms with Crippen LogP contribution in [-0.4, -0.2) is 68.4 Å². The number of ether oxygens (including phenoxy) is 2. The molecular formula is C32H45F2N5O4. The topological polar surface area (TPSA) is 98.6 Å². The van der Waals surface area contributed by atoms with Crippen LogP contribution in [0.2, 0.25) is 0 Å². The van der Waals surface area contributed by atoms with Gasteiger partial charge in [0.15, 0.2) is 5.69 Å². The number of nitrogens with zero attached hydrogens (tertiary/aromatic N) is 4. The second-order valence-electron chi connectivity index (χ2n) is 13.4. The molecule has 1 aliphatic heterocycles. The second kappa shape index (κ2) is 12.8. The highest BCUT2D eigenvalue weighted by Crippen LogP contribution is 2.36. The molecule has 3 heterocycles. The minimum absolute atomic E-state index is 0.108. The van der Waals surface area contributed by atoms with Crippen molar-refractivity contribution in [2.24, 2.45) is 5.92 Å². The molecule has 0 aromatic carbocycles. The number of hydrogen-bond acceptors (Lipinski definition) is 6. The third kappa shape index (κ3) is 8.03. The number of nitrogens with one attached hydrogen (secondary N) is 1. The molecule has 1 saturated carbocycles. The largest absolute Gasteiger partial charge is 0.474 e. The molecule has 1 N–H and O–H groups in total. The van der Waals surface area contributed by atoms with Gasteiger partial charge < -0.3 is 19.7 Å². The van der Waals surface area contributed by atoms with Gasteiger partial charge in [-0.25, -0.2) is 18.6 Å². The Labute approximate surface area is 252 Å². The molecule has 0 bridgehead atoms. The molecule has 0 unspecified atom stereocenters. The van der Waals surface area contributed by atoms with Gasteiger partial charge in [-0.1, -0.05) is 6.07 Å². The molecule has 3 aliphatic rings. The number of halogens is 2. The molecule has 236 valence electrons. The van der Waals surface area contributed by atoms with E-state index >= 15 is 0 Å². The Balaban J connectivity index is 1.18. The van der Waals surface area contributed by atoms with E-state index in [0.717, 1.165) is 43.4 Å². The van der Waals surface area contributed by atoms with Crippen molar-refractivity contribution >= 4 is 12.0 Å². The lowest BCUT2D eigenvalue weighted by atomic mass is 9.85. The SMILES string of the molecule is Cc1cccnc1O[C@H]1CC[C@@H](CCn2nc(C(=O)N3CCC(NC(=O)OC(C)(C)C)CC3)c3c2CCC(F)(F)C3)CC1. The Morgan fingerprint density at radius 1 is 1.12 bits per heavy atom. The molecule has 2 amide bonds. The summed E-state index contributed by atoms with van der Waals surface area (Å²) in [6.07, 6.45) is 6.93. The van der Waals surface area contributed by atoms with Gasteiger partial charge in [0.1, 0.15) is 11.7 Å². The normalized spacial score (nSPS) is 22.5. The minimum atomic E-state index is -2.84. The maximum absolute atomic E-state index is 14.5. The lowest BCUT2D eigenvalue weighted by molar-refractivity contribution is -0.0130. The number of aromatic nitrogens is 3. The highest BCUT2D eigenvalue weighted by molar-refractivity contribution is 5.94. The smallest absolute Gasteiger partial charge is 0.407 e. The van der Waals surface area contributed by atoms with E-state index in [-0.39, 0.29) is 36.6 Å². The van der Waals surface area contributed by atoms with Crippen LogP contribution in [0.25, 0.3) is 0 Å². The van der Waals surface area contributed by atoms with E-state index in [2.05, 4.69) is 15.4 Å². The first-order valence-electron chi connectivity index (χ1n) is 15.7. The number of amides is 2. The van der Waals surface area contributed by atoms with Gasteiger partial charge in [-0.05, 0) is 91.0 Å². The Kier molecular flexibility index (Phi) is 9.27. The molecule has 11 heteroatoms. The fourth-order valence-corrected chi connectivity index (χ4v) is 6.45. The first-order chi connectivity index (χ1) is 20.4. The summed E-state index contributed by atoms with van der Waals surface area (Å²) in [5.41, 5.74) is 1.78. The van der Waals surface area contributed by atoms with Crippen LogP contribution in [-0.2, 0) is 24.1 Å². The lowest BCUT2D eigenvalue weighted by Gasteiger charge is -2.33. The number of fused-ring (bicyclic) bond motifs is 1. The standard InChI is InChI=1S/C32H45F2N5O4/c1-21-6-5-16-35-28(21)42-24-9-7-22(8-10-24)12-19-39-26-11-15-32(33,34)20-25(26)27(37-39)29(40)38-17-13-23(14-18-38)36-30(41)43-31(2,3)4/h5-6,16,22-24H,7-15,17-20H2,1-4H3,(H,36,41)/t22-,24+. The molecular weight excluding hydrogens is 556 g/mol. The van der Waals surface area contributed by atoms with E-state index < -0.39 is 24.0 Å². The minimum Gasteiger partial charge on any atom is -0.474 e. The number of alkyl halides is 2. The summed E-state index contributed by atoms with van der Waals surface area (Å²) in [5.74, 6) is -1.95. The van der Waals surface area contributed by atoms with E-state index in [1.807, 2.05) is 44.5 Å². The van der Waals surface area contributed by atoms with Crippen LogP contribution in [0.5, 0.6) is 5.88 Å². The number of carbonyl (C=O) groups excluding carboxylic acids is 2. The Bertz CT molecular complexity index is 1290. The third-order valence-electron chi connectivity index (χ3n) is 8.82. The molecule has 9 nitrogen and oxygen atoms in total. The van der Waals surface area contributed by atoms with E-state index in [4.69, 9.17) is 9.47 Å². The first-order valence-corrected chi connectivity index (χ1v) is 15.7. The number of carbonyl (C=O) groups is 2. The molecule has 1 saturated heterocycles. The number of pyridine rings is 1. The zero-order valence-corrected chi connectivity index (χ0v) is 25.8. The van der Waals surface area contributed by atoms with Crippen LogP contribution in [0.1, 0.15) is 99.4 Å². The fraction of sp³-hybridized carbons (Fsp3) is 0.688. The summed E-state index contributed by atoms with van der Waals surface area (Å²) < 4.78 is 42.4. The number of alkyl carbamates (subject to hydrolysis) is 1. The zero-order chi connectivity index (χ0) is 30.8. The van der Waals surface area contributed by atoms with E-state index in [1.54, 1.807) is 11.1 Å². The number of likely N-dealkylation sites (tertiary alicyclic amines) is 1. The van der Waals surface area contributed by atoms with Crippen molar-refractivity contribution < 1.29 is 27.8 Å². The van der Waals surface area contributed by atoms with Gasteiger partial charge in [-0.15, -0.1) is 0 Å². The molecule has 2 aromatic heterocycles. The quantitative estimate of drug-likeness (QED) is 0.427. The van der Waals surface area contributed by atoms with E-state index in [9.17, 15) is 18.4 Å². The van der Waals surface area contributed by atoms with Crippen molar-refractivity contribution in [1.29, 1.82) is 0 Å². The number of rotatable bonds is 7. The summed E-state index contributed by atoms with van der Waals surface area (Å²) in [7, 11) is 0. The number of aryl methyl sites for hydroxylation is 2. The van der Waals surface area contributed by atoms with Crippen molar-refractivity contribution in [3.8, 4) is 5.88 Å². The highest BCUT2D eigenvalue weighted by atomic mass is 19.3. The average Bonchev–Trinajstić information content (AvgIpc) is 3.29. The predicted molar refractivity (Wildman–Crippen MR) is 157 cm³/mol. The summed E-state index contributed by atoms with van der Waals surface area (Å²) in [4.78, 5) is 31.8. The summed E-state index contributed by atoms with van der Waals surface area (Å²) in [5, 5.41) is 7.55. The summed E-state index contributed by atoms with van der Waals surface area (Å²) >= 11 is 0. The van der Waals surface area contributed by atoms with Gasteiger partial charge in [-0.2, -0.15) is 5.10 Å². The van der Waals surface area contributed by atoms with E-state index in [1.165, 1.54) is 0 Å². The third-order valence-corrected chi connectivity index (χ3v) is 8.82. The van der Waals surface area contributed by atoms with Crippen molar-refractivity contribution in [3.63, 3.8) is 0 Å². The lowest BCUT2D eigenvalue weighted by Crippen LogP contribution is -2.47. The van der Waals surface area contributed by atoms with Crippen molar-refractivity contribution in [2.75, 3.05) is 13.1 Å². The maximum Gasteiger partial charge on any atom is 0.407 e. The van der Waals surface area contributed by atoms with Gasteiger partial charge in [0.05, 0.1) is 0 Å². The molecule has 2 fully saturated rings. The Hall–Kier alpha value is -3.24. The predicted octanol–water partition coefficient (Wildman–Crippen LogP) is 5.87. The van der Waals surface area contributed by atoms with Crippen LogP contribution in [0, 0.1) is 12.8 Å². The van der Waals surface area contributed by atoms with Gasteiger partial charge in [0.2, 0.25) is 5.88 Å². The average molecular weight is 602 g/mol. The highest BCUT2D eigenvalue weighted by Gasteiger charge is 2.40. The molecule has 43 heavy (non-hydrogen) atoms. The first kappa shape index (κ1) is 31.2. The van der Waals surface area contributed by atoms with Gasteiger partial charge >= 0.3 is 6.09 Å². The van der Waals surface area contributed by atoms with Gasteiger partial charge in [-0.3, -0.25) is 9.48 Å². The molecule has 5 rings (SSSR count). The van der Waals surface area contributed by atoms with Gasteiger partial charge in [0, 0.05) is 61.5 Å². The fourth-order valence-electron chi connectivity index (χ4n) is 6.45. The van der Waals surface area contributed by atoms with Crippen LogP contribution >= 0.6 is 0 Å². The monoisotopic (exact) mass is 601 g/mol. The van der Waals surface area contributed by atoms with Crippen molar-refractivity contribution in [3.05, 3.63) is 40.8 Å². The Morgan fingerprint density at radius 2 is 1.84 bits per heavy atom. The Morgan fingerprint density at radius 3 is 2.51 bits per heavy atom. The zero-order valence-electron chi connectivity index (χ0n) is 25.8. The molecule has 0 radical (unpaired) electrons. The van der Waals surface area contributed by atoms with Crippen LogP contribution in [0.3, 0.4) is 0 Å². The molecule has 2 aliphatic carbocycles. The number of piperidine rings is 1. The molecule has 2 aromatic rings.